The van der Waals surface area contributed by atoms with Crippen molar-refractivity contribution < 1.29 is 18.7 Å². The summed E-state index contributed by atoms with van der Waals surface area (Å²) in [6, 6.07) is 9.25. The first kappa shape index (κ1) is 20.8. The Bertz CT molecular complexity index is 1300. The van der Waals surface area contributed by atoms with Gasteiger partial charge in [0.1, 0.15) is 21.5 Å². The first-order valence-electron chi connectivity index (χ1n) is 8.95. The highest BCUT2D eigenvalue weighted by molar-refractivity contribution is 6.50. The van der Waals surface area contributed by atoms with Crippen molar-refractivity contribution in [2.75, 3.05) is 5.32 Å². The number of carbonyl (C=O) groups is 2. The molecule has 0 aliphatic rings. The van der Waals surface area contributed by atoms with E-state index in [2.05, 4.69) is 10.3 Å². The summed E-state index contributed by atoms with van der Waals surface area (Å²) in [5, 5.41) is 14.0. The van der Waals surface area contributed by atoms with Gasteiger partial charge in [0.2, 0.25) is 12.4 Å². The second kappa shape index (κ2) is 8.33. The Morgan fingerprint density at radius 1 is 1.13 bits per heavy atom. The van der Waals surface area contributed by atoms with Crippen molar-refractivity contribution in [3.8, 4) is 0 Å². The number of hydrogen-bond acceptors (Lipinski definition) is 4. The van der Waals surface area contributed by atoms with E-state index in [1.165, 1.54) is 18.3 Å². The lowest BCUT2D eigenvalue weighted by Gasteiger charge is -2.08. The van der Waals surface area contributed by atoms with Gasteiger partial charge in [0.05, 0.1) is 11.3 Å². The Hall–Kier alpha value is -3.49. The van der Waals surface area contributed by atoms with Crippen LogP contribution in [-0.4, -0.2) is 21.2 Å². The first-order valence-corrected chi connectivity index (χ1v) is 9.71. The highest BCUT2D eigenvalue weighted by Crippen LogP contribution is 2.28. The van der Waals surface area contributed by atoms with Crippen LogP contribution in [0, 0.1) is 11.0 Å². The number of amides is 1. The summed E-state index contributed by atoms with van der Waals surface area (Å²) in [5.74, 6) is -2.16. The molecule has 156 valence electrons. The zero-order valence-corrected chi connectivity index (χ0v) is 17.2. The Balaban J connectivity index is 1.67. The quantitative estimate of drug-likeness (QED) is 0.212. The molecule has 3 heterocycles. The summed E-state index contributed by atoms with van der Waals surface area (Å²) in [4.78, 5) is 29.8. The second-order valence-electron chi connectivity index (χ2n) is 6.64. The van der Waals surface area contributed by atoms with E-state index in [0.29, 0.717) is 22.3 Å². The maximum atomic E-state index is 13.2. The zero-order chi connectivity index (χ0) is 22.1. The molecule has 1 N–H and O–H groups in total. The molecular formula is C21H13Cl2FN4O3. The van der Waals surface area contributed by atoms with Crippen molar-refractivity contribution in [3.63, 3.8) is 0 Å². The topological polar surface area (TPSA) is 90.9 Å². The van der Waals surface area contributed by atoms with Gasteiger partial charge in [-0.2, -0.15) is 4.73 Å². The normalized spacial score (nSPS) is 10.9. The molecule has 0 radical (unpaired) electrons. The van der Waals surface area contributed by atoms with Gasteiger partial charge in [-0.15, -0.1) is 0 Å². The molecule has 0 saturated carbocycles. The van der Waals surface area contributed by atoms with E-state index >= 15 is 0 Å². The molecular weight excluding hydrogens is 446 g/mol. The van der Waals surface area contributed by atoms with Gasteiger partial charge in [-0.1, -0.05) is 35.3 Å². The largest absolute Gasteiger partial charge is 0.619 e. The lowest BCUT2D eigenvalue weighted by molar-refractivity contribution is -0.605. The predicted octanol–water partition coefficient (Wildman–Crippen LogP) is 3.99. The number of hydrogen-bond donors (Lipinski definition) is 1. The third-order valence-corrected chi connectivity index (χ3v) is 5.12. The van der Waals surface area contributed by atoms with Crippen molar-refractivity contribution >= 4 is 51.6 Å². The minimum absolute atomic E-state index is 0.0399. The van der Waals surface area contributed by atoms with Gasteiger partial charge < -0.3 is 15.1 Å². The van der Waals surface area contributed by atoms with Gasteiger partial charge >= 0.3 is 0 Å². The summed E-state index contributed by atoms with van der Waals surface area (Å²) < 4.78 is 15.3. The van der Waals surface area contributed by atoms with Crippen LogP contribution in [0.5, 0.6) is 0 Å². The monoisotopic (exact) mass is 458 g/mol. The number of halogens is 3. The van der Waals surface area contributed by atoms with Gasteiger partial charge in [-0.25, -0.2) is 9.37 Å². The highest BCUT2D eigenvalue weighted by atomic mass is 35.5. The number of carbonyl (C=O) groups excluding carboxylic acids is 2. The average molecular weight is 459 g/mol. The molecule has 0 aliphatic heterocycles. The molecule has 0 atom stereocenters. The van der Waals surface area contributed by atoms with E-state index in [9.17, 15) is 19.2 Å². The van der Waals surface area contributed by atoms with E-state index in [-0.39, 0.29) is 27.1 Å². The molecule has 7 nitrogen and oxygen atoms in total. The molecule has 1 amide bonds. The fraction of sp³-hybridized carbons (Fsp3) is 0.0476. The molecule has 3 aromatic heterocycles. The van der Waals surface area contributed by atoms with Crippen molar-refractivity contribution in [3.05, 3.63) is 93.4 Å². The summed E-state index contributed by atoms with van der Waals surface area (Å²) in [5.41, 5.74) is 1.37. The van der Waals surface area contributed by atoms with Crippen LogP contribution >= 0.6 is 23.2 Å². The maximum absolute atomic E-state index is 13.2. The molecule has 0 bridgehead atoms. The van der Waals surface area contributed by atoms with Gasteiger partial charge in [0, 0.05) is 24.3 Å². The van der Waals surface area contributed by atoms with Crippen molar-refractivity contribution in [2.45, 2.75) is 6.54 Å². The molecule has 4 rings (SSSR count). The maximum Gasteiger partial charge on any atom is 0.296 e. The fourth-order valence-electron chi connectivity index (χ4n) is 3.13. The van der Waals surface area contributed by atoms with Crippen LogP contribution in [0.25, 0.3) is 11.0 Å². The lowest BCUT2D eigenvalue weighted by atomic mass is 10.1. The average Bonchev–Trinajstić information content (AvgIpc) is 3.10. The van der Waals surface area contributed by atoms with Gasteiger partial charge in [-0.05, 0) is 29.8 Å². The minimum Gasteiger partial charge on any atom is -0.619 e. The summed E-state index contributed by atoms with van der Waals surface area (Å²) in [7, 11) is 0. The van der Waals surface area contributed by atoms with Crippen LogP contribution in [0.4, 0.5) is 10.1 Å². The van der Waals surface area contributed by atoms with Crippen molar-refractivity contribution in [2.24, 2.45) is 0 Å². The number of Topliss-reactive ketones (excluding diaryl/α,β-unsaturated/α-hetero) is 1. The molecule has 10 heteroatoms. The second-order valence-corrected chi connectivity index (χ2v) is 7.46. The minimum atomic E-state index is -0.975. The summed E-state index contributed by atoms with van der Waals surface area (Å²) >= 11 is 11.9. The fourth-order valence-corrected chi connectivity index (χ4v) is 3.67. The van der Waals surface area contributed by atoms with E-state index in [1.54, 1.807) is 35.0 Å². The Kier molecular flexibility index (Phi) is 5.58. The smallest absolute Gasteiger partial charge is 0.296 e. The SMILES string of the molecule is O=C(Nc1c(Cl)c[n+]([O-])cc1Cl)C(=O)c1cn(Cc2ccc(F)cc2)c2ncccc12. The number of pyridine rings is 2. The number of nitrogens with zero attached hydrogens (tertiary/aromatic N) is 3. The zero-order valence-electron chi connectivity index (χ0n) is 15.7. The Labute approximate surface area is 185 Å². The predicted molar refractivity (Wildman–Crippen MR) is 114 cm³/mol. The standard InChI is InChI=1S/C21H13Cl2FN4O3/c22-16-10-28(31)11-17(23)18(16)26-21(30)19(29)15-9-27(20-14(15)2-1-7-25-20)8-12-3-5-13(24)6-4-12/h1-7,9-11H,8H2,(H,26,30). The number of anilines is 1. The van der Waals surface area contributed by atoms with Crippen LogP contribution in [0.15, 0.2) is 61.2 Å². The van der Waals surface area contributed by atoms with Crippen LogP contribution in [-0.2, 0) is 11.3 Å². The molecule has 0 saturated heterocycles. The molecule has 0 fully saturated rings. The number of nitrogens with one attached hydrogen (secondary N) is 1. The van der Waals surface area contributed by atoms with Gasteiger partial charge in [-0.3, -0.25) is 9.59 Å². The van der Waals surface area contributed by atoms with Crippen LogP contribution in [0.1, 0.15) is 15.9 Å². The van der Waals surface area contributed by atoms with Crippen LogP contribution in [0.2, 0.25) is 10.0 Å². The third-order valence-electron chi connectivity index (χ3n) is 4.55. The molecule has 0 unspecified atom stereocenters. The lowest BCUT2D eigenvalue weighted by Crippen LogP contribution is -2.27. The molecule has 31 heavy (non-hydrogen) atoms. The Morgan fingerprint density at radius 3 is 2.48 bits per heavy atom. The number of ketones is 1. The molecule has 0 spiro atoms. The molecule has 1 aromatic carbocycles. The van der Waals surface area contributed by atoms with Gasteiger partial charge in [0.25, 0.3) is 11.7 Å². The molecule has 0 aliphatic carbocycles. The van der Waals surface area contributed by atoms with Crippen LogP contribution < -0.4 is 10.0 Å². The van der Waals surface area contributed by atoms with Crippen molar-refractivity contribution in [1.82, 2.24) is 9.55 Å². The van der Waals surface area contributed by atoms with Crippen molar-refractivity contribution in [1.29, 1.82) is 0 Å². The number of fused-ring (bicyclic) bond motifs is 1. The number of benzene rings is 1. The highest BCUT2D eigenvalue weighted by Gasteiger charge is 2.24. The van der Waals surface area contributed by atoms with E-state index in [4.69, 9.17) is 23.2 Å². The third kappa shape index (κ3) is 4.21. The molecule has 4 aromatic rings. The number of aromatic nitrogens is 3. The van der Waals surface area contributed by atoms with E-state index < -0.39 is 11.7 Å². The Morgan fingerprint density at radius 2 is 1.81 bits per heavy atom. The van der Waals surface area contributed by atoms with Crippen LogP contribution in [0.3, 0.4) is 0 Å². The summed E-state index contributed by atoms with van der Waals surface area (Å²) in [6.45, 7) is 0.322. The van der Waals surface area contributed by atoms with E-state index in [0.717, 1.165) is 18.0 Å². The van der Waals surface area contributed by atoms with E-state index in [1.807, 2.05) is 0 Å². The summed E-state index contributed by atoms with van der Waals surface area (Å²) in [6.07, 6.45) is 5.10. The first-order chi connectivity index (χ1) is 14.8. The number of rotatable bonds is 5. The van der Waals surface area contributed by atoms with Gasteiger partial charge in [0.15, 0.2) is 0 Å².